The van der Waals surface area contributed by atoms with Crippen LogP contribution in [-0.2, 0) is 12.8 Å². The Morgan fingerprint density at radius 3 is 3.00 bits per heavy atom. The second kappa shape index (κ2) is 5.56. The lowest BCUT2D eigenvalue weighted by molar-refractivity contribution is 0.900. The molecule has 2 aromatic rings. The van der Waals surface area contributed by atoms with Crippen LogP contribution in [0.2, 0.25) is 0 Å². The molecule has 3 nitrogen and oxygen atoms in total. The van der Waals surface area contributed by atoms with Gasteiger partial charge in [0.1, 0.15) is 11.9 Å². The SMILES string of the molecule is CSc1cccc(Nc2nc3c(cc2C#N)CCC3)c1. The smallest absolute Gasteiger partial charge is 0.148 e. The van der Waals surface area contributed by atoms with E-state index in [0.717, 1.165) is 30.6 Å². The maximum Gasteiger partial charge on any atom is 0.148 e. The highest BCUT2D eigenvalue weighted by atomic mass is 32.2. The predicted molar refractivity (Wildman–Crippen MR) is 82.5 cm³/mol. The minimum atomic E-state index is 0.625. The number of thioether (sulfide) groups is 1. The monoisotopic (exact) mass is 281 g/mol. The molecule has 1 aromatic carbocycles. The number of pyridine rings is 1. The summed E-state index contributed by atoms with van der Waals surface area (Å²) in [5.41, 5.74) is 3.96. The van der Waals surface area contributed by atoms with Gasteiger partial charge in [0, 0.05) is 16.3 Å². The Bertz CT molecular complexity index is 689. The van der Waals surface area contributed by atoms with Crippen molar-refractivity contribution in [1.82, 2.24) is 4.98 Å². The Labute approximate surface area is 123 Å². The van der Waals surface area contributed by atoms with Crippen molar-refractivity contribution in [2.75, 3.05) is 11.6 Å². The lowest BCUT2D eigenvalue weighted by atomic mass is 10.1. The van der Waals surface area contributed by atoms with Gasteiger partial charge in [-0.15, -0.1) is 11.8 Å². The second-order valence-electron chi connectivity index (χ2n) is 4.81. The number of hydrogen-bond donors (Lipinski definition) is 1. The van der Waals surface area contributed by atoms with Crippen LogP contribution in [0, 0.1) is 11.3 Å². The van der Waals surface area contributed by atoms with Crippen molar-refractivity contribution in [3.8, 4) is 6.07 Å². The third-order valence-electron chi connectivity index (χ3n) is 3.50. The normalized spacial score (nSPS) is 12.8. The van der Waals surface area contributed by atoms with Crippen LogP contribution in [0.3, 0.4) is 0 Å². The summed E-state index contributed by atoms with van der Waals surface area (Å²) >= 11 is 1.70. The molecular formula is C16H15N3S. The molecule has 100 valence electrons. The van der Waals surface area contributed by atoms with Gasteiger partial charge >= 0.3 is 0 Å². The average molecular weight is 281 g/mol. The summed E-state index contributed by atoms with van der Waals surface area (Å²) in [6.07, 6.45) is 5.24. The summed E-state index contributed by atoms with van der Waals surface area (Å²) in [5.74, 6) is 0.673. The zero-order chi connectivity index (χ0) is 13.9. The van der Waals surface area contributed by atoms with Crippen LogP contribution in [-0.4, -0.2) is 11.2 Å². The molecule has 0 saturated carbocycles. The maximum atomic E-state index is 9.29. The Hall–Kier alpha value is -1.99. The van der Waals surface area contributed by atoms with Crippen molar-refractivity contribution in [2.45, 2.75) is 24.2 Å². The van der Waals surface area contributed by atoms with Crippen LogP contribution in [0.25, 0.3) is 0 Å². The van der Waals surface area contributed by atoms with Crippen molar-refractivity contribution in [1.29, 1.82) is 5.26 Å². The largest absolute Gasteiger partial charge is 0.339 e. The zero-order valence-corrected chi connectivity index (χ0v) is 12.1. The van der Waals surface area contributed by atoms with Crippen LogP contribution in [0.1, 0.15) is 23.2 Å². The van der Waals surface area contributed by atoms with E-state index in [1.54, 1.807) is 11.8 Å². The number of hydrogen-bond acceptors (Lipinski definition) is 4. The van der Waals surface area contributed by atoms with Gasteiger partial charge in [-0.25, -0.2) is 4.98 Å². The Morgan fingerprint density at radius 1 is 1.30 bits per heavy atom. The number of nitriles is 1. The van der Waals surface area contributed by atoms with Gasteiger partial charge in [-0.1, -0.05) is 6.07 Å². The molecule has 1 heterocycles. The fourth-order valence-electron chi connectivity index (χ4n) is 2.49. The van der Waals surface area contributed by atoms with Crippen LogP contribution in [0.15, 0.2) is 35.2 Å². The van der Waals surface area contributed by atoms with E-state index in [2.05, 4.69) is 28.5 Å². The summed E-state index contributed by atoms with van der Waals surface area (Å²) in [6.45, 7) is 0. The quantitative estimate of drug-likeness (QED) is 0.867. The summed E-state index contributed by atoms with van der Waals surface area (Å²) in [7, 11) is 0. The van der Waals surface area contributed by atoms with Crippen LogP contribution in [0.4, 0.5) is 11.5 Å². The molecule has 0 saturated heterocycles. The van der Waals surface area contributed by atoms with Crippen molar-refractivity contribution in [3.05, 3.63) is 47.2 Å². The molecule has 3 rings (SSSR count). The molecule has 20 heavy (non-hydrogen) atoms. The fourth-order valence-corrected chi connectivity index (χ4v) is 2.95. The number of rotatable bonds is 3. The summed E-state index contributed by atoms with van der Waals surface area (Å²) < 4.78 is 0. The van der Waals surface area contributed by atoms with Crippen molar-refractivity contribution < 1.29 is 0 Å². The molecule has 0 aliphatic heterocycles. The lowest BCUT2D eigenvalue weighted by Crippen LogP contribution is -2.00. The van der Waals surface area contributed by atoms with Gasteiger partial charge in [-0.05, 0) is 55.3 Å². The van der Waals surface area contributed by atoms with Gasteiger partial charge in [0.15, 0.2) is 0 Å². The molecule has 0 fully saturated rings. The summed E-state index contributed by atoms with van der Waals surface area (Å²) in [4.78, 5) is 5.82. The molecule has 0 unspecified atom stereocenters. The molecule has 0 bridgehead atoms. The number of nitrogens with one attached hydrogen (secondary N) is 1. The standard InChI is InChI=1S/C16H15N3S/c1-20-14-6-3-5-13(9-14)18-16-12(10-17)8-11-4-2-7-15(11)19-16/h3,5-6,8-9H,2,4,7H2,1H3,(H,18,19). The molecular weight excluding hydrogens is 266 g/mol. The van der Waals surface area contributed by atoms with Gasteiger partial charge in [-0.2, -0.15) is 5.26 Å². The highest BCUT2D eigenvalue weighted by Crippen LogP contribution is 2.28. The number of fused-ring (bicyclic) bond motifs is 1. The molecule has 0 amide bonds. The lowest BCUT2D eigenvalue weighted by Gasteiger charge is -2.10. The van der Waals surface area contributed by atoms with Crippen LogP contribution >= 0.6 is 11.8 Å². The first-order valence-electron chi connectivity index (χ1n) is 6.64. The van der Waals surface area contributed by atoms with E-state index in [1.807, 2.05) is 24.5 Å². The molecule has 0 spiro atoms. The van der Waals surface area contributed by atoms with Crippen LogP contribution in [0.5, 0.6) is 0 Å². The van der Waals surface area contributed by atoms with E-state index in [1.165, 1.54) is 10.5 Å². The molecule has 1 N–H and O–H groups in total. The van der Waals surface area contributed by atoms with E-state index >= 15 is 0 Å². The molecule has 4 heteroatoms. The van der Waals surface area contributed by atoms with Crippen molar-refractivity contribution >= 4 is 23.3 Å². The van der Waals surface area contributed by atoms with Gasteiger partial charge < -0.3 is 5.32 Å². The maximum absolute atomic E-state index is 9.29. The van der Waals surface area contributed by atoms with E-state index in [9.17, 15) is 5.26 Å². The molecule has 1 aliphatic carbocycles. The number of aryl methyl sites for hydroxylation is 2. The average Bonchev–Trinajstić information content (AvgIpc) is 2.93. The van der Waals surface area contributed by atoms with Crippen LogP contribution < -0.4 is 5.32 Å². The molecule has 1 aromatic heterocycles. The Kier molecular flexibility index (Phi) is 3.62. The first-order chi connectivity index (χ1) is 9.80. The van der Waals surface area contributed by atoms with E-state index < -0.39 is 0 Å². The highest BCUT2D eigenvalue weighted by Gasteiger charge is 2.16. The van der Waals surface area contributed by atoms with Gasteiger partial charge in [0.25, 0.3) is 0 Å². The summed E-state index contributed by atoms with van der Waals surface area (Å²) in [5, 5.41) is 12.6. The minimum Gasteiger partial charge on any atom is -0.339 e. The van der Waals surface area contributed by atoms with E-state index in [0.29, 0.717) is 11.4 Å². The number of anilines is 2. The predicted octanol–water partition coefficient (Wildman–Crippen LogP) is 3.91. The highest BCUT2D eigenvalue weighted by molar-refractivity contribution is 7.98. The number of nitrogens with zero attached hydrogens (tertiary/aromatic N) is 2. The zero-order valence-electron chi connectivity index (χ0n) is 11.3. The van der Waals surface area contributed by atoms with E-state index in [4.69, 9.17) is 0 Å². The van der Waals surface area contributed by atoms with Crippen molar-refractivity contribution in [2.24, 2.45) is 0 Å². The minimum absolute atomic E-state index is 0.625. The Morgan fingerprint density at radius 2 is 2.20 bits per heavy atom. The third kappa shape index (κ3) is 2.50. The number of aromatic nitrogens is 1. The van der Waals surface area contributed by atoms with Gasteiger partial charge in [-0.3, -0.25) is 0 Å². The Balaban J connectivity index is 1.96. The van der Waals surface area contributed by atoms with Crippen molar-refractivity contribution in [3.63, 3.8) is 0 Å². The topological polar surface area (TPSA) is 48.7 Å². The van der Waals surface area contributed by atoms with Gasteiger partial charge in [0.05, 0.1) is 5.56 Å². The molecule has 1 aliphatic rings. The second-order valence-corrected chi connectivity index (χ2v) is 5.69. The van der Waals surface area contributed by atoms with E-state index in [-0.39, 0.29) is 0 Å². The summed E-state index contributed by atoms with van der Waals surface area (Å²) in [6, 6.07) is 12.4. The first kappa shape index (κ1) is 13.0. The molecule has 0 atom stereocenters. The first-order valence-corrected chi connectivity index (χ1v) is 7.86. The molecule has 0 radical (unpaired) electrons. The van der Waals surface area contributed by atoms with Gasteiger partial charge in [0.2, 0.25) is 0 Å². The number of benzene rings is 1. The fraction of sp³-hybridized carbons (Fsp3) is 0.250. The third-order valence-corrected chi connectivity index (χ3v) is 4.23.